The fourth-order valence-corrected chi connectivity index (χ4v) is 2.93. The third-order valence-electron chi connectivity index (χ3n) is 4.20. The van der Waals surface area contributed by atoms with Crippen molar-refractivity contribution in [2.45, 2.75) is 44.6 Å². The van der Waals surface area contributed by atoms with Crippen LogP contribution in [-0.4, -0.2) is 22.1 Å². The molecule has 126 valence electrons. The van der Waals surface area contributed by atoms with Gasteiger partial charge in [-0.15, -0.1) is 10.2 Å². The van der Waals surface area contributed by atoms with Gasteiger partial charge in [0.15, 0.2) is 5.82 Å². The normalized spacial score (nSPS) is 15.0. The summed E-state index contributed by atoms with van der Waals surface area (Å²) >= 11 is 0. The van der Waals surface area contributed by atoms with Crippen LogP contribution in [0, 0.1) is 5.82 Å². The Bertz CT molecular complexity index is 684. The van der Waals surface area contributed by atoms with E-state index in [4.69, 9.17) is 0 Å². The molecule has 1 saturated carbocycles. The molecule has 24 heavy (non-hydrogen) atoms. The molecule has 5 nitrogen and oxygen atoms in total. The van der Waals surface area contributed by atoms with Crippen LogP contribution in [0.4, 0.5) is 16.0 Å². The van der Waals surface area contributed by atoms with Crippen molar-refractivity contribution in [3.8, 4) is 0 Å². The molecule has 1 aliphatic carbocycles. The van der Waals surface area contributed by atoms with E-state index >= 15 is 0 Å². The summed E-state index contributed by atoms with van der Waals surface area (Å²) in [6, 6.07) is 10.2. The smallest absolute Gasteiger partial charge is 0.230 e. The quantitative estimate of drug-likeness (QED) is 0.881. The number of rotatable bonds is 5. The topological polar surface area (TPSA) is 66.9 Å². The zero-order valence-electron chi connectivity index (χ0n) is 13.5. The monoisotopic (exact) mass is 328 g/mol. The van der Waals surface area contributed by atoms with Crippen molar-refractivity contribution in [1.82, 2.24) is 10.2 Å². The minimum absolute atomic E-state index is 0.0313. The van der Waals surface area contributed by atoms with E-state index in [1.807, 2.05) is 0 Å². The molecule has 1 amide bonds. The van der Waals surface area contributed by atoms with Gasteiger partial charge in [0.05, 0.1) is 6.42 Å². The first kappa shape index (κ1) is 16.4. The molecular formula is C18H21FN4O. The Kier molecular flexibility index (Phi) is 5.36. The lowest BCUT2D eigenvalue weighted by Crippen LogP contribution is -2.23. The largest absolute Gasteiger partial charge is 0.366 e. The molecule has 0 unspecified atom stereocenters. The van der Waals surface area contributed by atoms with E-state index in [0.29, 0.717) is 23.2 Å². The number of nitrogens with zero attached hydrogens (tertiary/aromatic N) is 2. The summed E-state index contributed by atoms with van der Waals surface area (Å²) in [6.45, 7) is 0. The molecule has 0 radical (unpaired) electrons. The van der Waals surface area contributed by atoms with Gasteiger partial charge in [0.2, 0.25) is 5.91 Å². The van der Waals surface area contributed by atoms with Crippen LogP contribution in [0.2, 0.25) is 0 Å². The predicted molar refractivity (Wildman–Crippen MR) is 91.3 cm³/mol. The van der Waals surface area contributed by atoms with E-state index in [0.717, 1.165) is 12.8 Å². The number of halogens is 1. The first-order valence-corrected chi connectivity index (χ1v) is 8.34. The van der Waals surface area contributed by atoms with Crippen molar-refractivity contribution in [1.29, 1.82) is 0 Å². The number of carbonyl (C=O) groups excluding carboxylic acids is 1. The second-order valence-electron chi connectivity index (χ2n) is 6.10. The van der Waals surface area contributed by atoms with Gasteiger partial charge in [-0.3, -0.25) is 4.79 Å². The van der Waals surface area contributed by atoms with Crippen LogP contribution >= 0.6 is 0 Å². The second kappa shape index (κ2) is 7.86. The zero-order valence-corrected chi connectivity index (χ0v) is 13.5. The van der Waals surface area contributed by atoms with E-state index in [1.54, 1.807) is 30.3 Å². The summed E-state index contributed by atoms with van der Waals surface area (Å²) in [5.74, 6) is 0.382. The number of hydrogen-bond acceptors (Lipinski definition) is 4. The highest BCUT2D eigenvalue weighted by Crippen LogP contribution is 2.20. The van der Waals surface area contributed by atoms with Gasteiger partial charge in [-0.2, -0.15) is 0 Å². The Hall–Kier alpha value is -2.50. The third kappa shape index (κ3) is 4.50. The Morgan fingerprint density at radius 2 is 1.75 bits per heavy atom. The van der Waals surface area contributed by atoms with Gasteiger partial charge >= 0.3 is 0 Å². The first-order valence-electron chi connectivity index (χ1n) is 8.34. The van der Waals surface area contributed by atoms with E-state index in [1.165, 1.54) is 25.3 Å². The van der Waals surface area contributed by atoms with Crippen LogP contribution in [0.3, 0.4) is 0 Å². The van der Waals surface area contributed by atoms with E-state index in [9.17, 15) is 9.18 Å². The van der Waals surface area contributed by atoms with Crippen molar-refractivity contribution in [2.75, 3.05) is 10.6 Å². The zero-order chi connectivity index (χ0) is 16.8. The minimum atomic E-state index is -0.384. The summed E-state index contributed by atoms with van der Waals surface area (Å²) in [6.07, 6.45) is 6.07. The lowest BCUT2D eigenvalue weighted by Gasteiger charge is -2.22. The molecule has 3 rings (SSSR count). The average molecular weight is 328 g/mol. The fraction of sp³-hybridized carbons (Fsp3) is 0.389. The third-order valence-corrected chi connectivity index (χ3v) is 4.20. The maximum Gasteiger partial charge on any atom is 0.230 e. The Morgan fingerprint density at radius 3 is 2.46 bits per heavy atom. The Morgan fingerprint density at radius 1 is 1.04 bits per heavy atom. The summed E-state index contributed by atoms with van der Waals surface area (Å²) < 4.78 is 13.5. The molecule has 2 aromatic rings. The van der Waals surface area contributed by atoms with Gasteiger partial charge in [-0.05, 0) is 36.6 Å². The summed E-state index contributed by atoms with van der Waals surface area (Å²) in [5, 5.41) is 14.1. The van der Waals surface area contributed by atoms with Gasteiger partial charge in [-0.25, -0.2) is 4.39 Å². The van der Waals surface area contributed by atoms with Gasteiger partial charge in [0, 0.05) is 6.04 Å². The molecule has 1 aromatic carbocycles. The molecule has 2 N–H and O–H groups in total. The van der Waals surface area contributed by atoms with Crippen LogP contribution in [0.15, 0.2) is 36.4 Å². The SMILES string of the molecule is O=C(Cc1ccccc1F)Nc1ccc(NC2CCCCC2)nn1. The van der Waals surface area contributed by atoms with Crippen molar-refractivity contribution < 1.29 is 9.18 Å². The van der Waals surface area contributed by atoms with Crippen LogP contribution in [0.5, 0.6) is 0 Å². The van der Waals surface area contributed by atoms with E-state index in [2.05, 4.69) is 20.8 Å². The summed E-state index contributed by atoms with van der Waals surface area (Å²) in [7, 11) is 0. The number of hydrogen-bond donors (Lipinski definition) is 2. The number of amides is 1. The van der Waals surface area contributed by atoms with Crippen LogP contribution in [0.25, 0.3) is 0 Å². The second-order valence-corrected chi connectivity index (χ2v) is 6.10. The molecule has 0 aliphatic heterocycles. The molecule has 0 saturated heterocycles. The molecule has 1 fully saturated rings. The number of anilines is 2. The van der Waals surface area contributed by atoms with Gasteiger partial charge in [0.1, 0.15) is 11.6 Å². The highest BCUT2D eigenvalue weighted by Gasteiger charge is 2.14. The number of nitrogens with one attached hydrogen (secondary N) is 2. The molecule has 6 heteroatoms. The molecule has 1 heterocycles. The first-order chi connectivity index (χ1) is 11.7. The average Bonchev–Trinajstić information content (AvgIpc) is 2.60. The van der Waals surface area contributed by atoms with Crippen LogP contribution < -0.4 is 10.6 Å². The molecular weight excluding hydrogens is 307 g/mol. The maximum absolute atomic E-state index is 13.5. The van der Waals surface area contributed by atoms with Gasteiger partial charge in [-0.1, -0.05) is 37.5 Å². The van der Waals surface area contributed by atoms with Crippen LogP contribution in [-0.2, 0) is 11.2 Å². The lowest BCUT2D eigenvalue weighted by molar-refractivity contribution is -0.115. The summed E-state index contributed by atoms with van der Waals surface area (Å²) in [4.78, 5) is 12.0. The van der Waals surface area contributed by atoms with E-state index < -0.39 is 0 Å². The molecule has 0 bridgehead atoms. The number of aromatic nitrogens is 2. The minimum Gasteiger partial charge on any atom is -0.366 e. The highest BCUT2D eigenvalue weighted by molar-refractivity contribution is 5.91. The van der Waals surface area contributed by atoms with Crippen molar-refractivity contribution >= 4 is 17.5 Å². The Labute approximate surface area is 140 Å². The highest BCUT2D eigenvalue weighted by atomic mass is 19.1. The number of benzene rings is 1. The molecule has 1 aromatic heterocycles. The van der Waals surface area contributed by atoms with Gasteiger partial charge < -0.3 is 10.6 Å². The standard InChI is InChI=1S/C18H21FN4O/c19-15-9-5-4-6-13(15)12-18(24)21-17-11-10-16(22-23-17)20-14-7-2-1-3-8-14/h4-6,9-11,14H,1-3,7-8,12H2,(H,20,22)(H,21,23,24). The fourth-order valence-electron chi connectivity index (χ4n) is 2.93. The maximum atomic E-state index is 13.5. The molecule has 0 atom stereocenters. The van der Waals surface area contributed by atoms with Crippen LogP contribution in [0.1, 0.15) is 37.7 Å². The Balaban J connectivity index is 1.53. The number of carbonyl (C=O) groups is 1. The molecule has 0 spiro atoms. The van der Waals surface area contributed by atoms with E-state index in [-0.39, 0.29) is 18.1 Å². The summed E-state index contributed by atoms with van der Waals surface area (Å²) in [5.41, 5.74) is 0.360. The van der Waals surface area contributed by atoms with Gasteiger partial charge in [0.25, 0.3) is 0 Å². The van der Waals surface area contributed by atoms with Crippen molar-refractivity contribution in [3.63, 3.8) is 0 Å². The van der Waals surface area contributed by atoms with Crippen molar-refractivity contribution in [3.05, 3.63) is 47.8 Å². The lowest BCUT2D eigenvalue weighted by atomic mass is 9.95. The predicted octanol–water partition coefficient (Wildman–Crippen LogP) is 3.54. The molecule has 1 aliphatic rings. The van der Waals surface area contributed by atoms with Crippen molar-refractivity contribution in [2.24, 2.45) is 0 Å².